The highest BCUT2D eigenvalue weighted by atomic mass is 79.9. The molecule has 0 aliphatic heterocycles. The van der Waals surface area contributed by atoms with Gasteiger partial charge in [0, 0.05) is 9.85 Å². The maximum absolute atomic E-state index is 6.30. The molecule has 0 spiro atoms. The molecule has 0 amide bonds. The maximum Gasteiger partial charge on any atom is 0.0452 e. The van der Waals surface area contributed by atoms with Crippen LogP contribution in [-0.2, 0) is 0 Å². The van der Waals surface area contributed by atoms with Crippen molar-refractivity contribution in [1.29, 1.82) is 0 Å². The van der Waals surface area contributed by atoms with E-state index in [0.29, 0.717) is 10.2 Å². The van der Waals surface area contributed by atoms with Crippen molar-refractivity contribution >= 4 is 27.5 Å². The Morgan fingerprint density at radius 1 is 1.19 bits per heavy atom. The summed E-state index contributed by atoms with van der Waals surface area (Å²) in [6, 6.07) is 4.26. The molecule has 0 aromatic heterocycles. The van der Waals surface area contributed by atoms with Crippen LogP contribution in [0.4, 0.5) is 0 Å². The summed E-state index contributed by atoms with van der Waals surface area (Å²) in [5.41, 5.74) is 4.07. The van der Waals surface area contributed by atoms with Crippen molar-refractivity contribution < 1.29 is 0 Å². The lowest BCUT2D eigenvalue weighted by Crippen LogP contribution is -2.09. The summed E-state index contributed by atoms with van der Waals surface area (Å²) in [6.07, 6.45) is 1.08. The number of aryl methyl sites for hydroxylation is 2. The summed E-state index contributed by atoms with van der Waals surface area (Å²) in [5, 5.41) is 0.870. The third-order valence-corrected chi connectivity index (χ3v) is 3.89. The van der Waals surface area contributed by atoms with E-state index in [9.17, 15) is 0 Å². The Labute approximate surface area is 113 Å². The summed E-state index contributed by atoms with van der Waals surface area (Å²) in [5.74, 6) is 0. The normalized spacial score (nSPS) is 13.9. The van der Waals surface area contributed by atoms with Crippen molar-refractivity contribution in [3.8, 4) is 0 Å². The highest BCUT2D eigenvalue weighted by Crippen LogP contribution is 2.39. The summed E-state index contributed by atoms with van der Waals surface area (Å²) in [6.45, 7) is 11.0. The van der Waals surface area contributed by atoms with Crippen LogP contribution in [0.5, 0.6) is 0 Å². The second-order valence-electron chi connectivity index (χ2n) is 5.69. The molecule has 0 bridgehead atoms. The van der Waals surface area contributed by atoms with Crippen LogP contribution in [0.15, 0.2) is 12.1 Å². The first-order valence-electron chi connectivity index (χ1n) is 5.61. The predicted octanol–water partition coefficient (Wildman–Crippen LogP) is 5.83. The zero-order valence-electron chi connectivity index (χ0n) is 10.7. The first kappa shape index (κ1) is 14.1. The van der Waals surface area contributed by atoms with Gasteiger partial charge in [-0.3, -0.25) is 0 Å². The molecule has 0 saturated heterocycles. The smallest absolute Gasteiger partial charge is 0.0452 e. The fourth-order valence-corrected chi connectivity index (χ4v) is 3.52. The standard InChI is InChI=1S/C14H20BrCl/c1-9-6-11(13(16)7-10(9)2)12(15)8-14(3,4)5/h6-7,12H,8H2,1-5H3. The number of hydrogen-bond acceptors (Lipinski definition) is 0. The van der Waals surface area contributed by atoms with Gasteiger partial charge in [-0.05, 0) is 48.4 Å². The van der Waals surface area contributed by atoms with E-state index in [2.05, 4.69) is 62.7 Å². The second kappa shape index (κ2) is 5.10. The van der Waals surface area contributed by atoms with Crippen molar-refractivity contribution in [2.75, 3.05) is 0 Å². The Morgan fingerprint density at radius 3 is 2.19 bits per heavy atom. The molecule has 1 aromatic carbocycles. The Morgan fingerprint density at radius 2 is 1.69 bits per heavy atom. The third kappa shape index (κ3) is 3.78. The molecule has 0 saturated carbocycles. The van der Waals surface area contributed by atoms with Gasteiger partial charge < -0.3 is 0 Å². The zero-order chi connectivity index (χ0) is 12.5. The predicted molar refractivity (Wildman–Crippen MR) is 76.7 cm³/mol. The topological polar surface area (TPSA) is 0 Å². The fraction of sp³-hybridized carbons (Fsp3) is 0.571. The van der Waals surface area contributed by atoms with Crippen molar-refractivity contribution in [2.45, 2.75) is 45.9 Å². The summed E-state index contributed by atoms with van der Waals surface area (Å²) in [7, 11) is 0. The average molecular weight is 304 g/mol. The van der Waals surface area contributed by atoms with Gasteiger partial charge in [-0.25, -0.2) is 0 Å². The molecule has 1 unspecified atom stereocenters. The van der Waals surface area contributed by atoms with Gasteiger partial charge in [0.1, 0.15) is 0 Å². The van der Waals surface area contributed by atoms with E-state index in [1.807, 2.05) is 0 Å². The summed E-state index contributed by atoms with van der Waals surface area (Å²) in [4.78, 5) is 0.333. The lowest BCUT2D eigenvalue weighted by atomic mass is 9.88. The van der Waals surface area contributed by atoms with Crippen LogP contribution >= 0.6 is 27.5 Å². The first-order chi connectivity index (χ1) is 7.20. The maximum atomic E-state index is 6.30. The molecular weight excluding hydrogens is 284 g/mol. The minimum absolute atomic E-state index is 0.302. The van der Waals surface area contributed by atoms with E-state index in [1.54, 1.807) is 0 Å². The molecule has 0 fully saturated rings. The van der Waals surface area contributed by atoms with Crippen molar-refractivity contribution in [1.82, 2.24) is 0 Å². The number of halogens is 2. The van der Waals surface area contributed by atoms with E-state index >= 15 is 0 Å². The minimum Gasteiger partial charge on any atom is -0.0840 e. The van der Waals surface area contributed by atoms with E-state index in [0.717, 1.165) is 11.4 Å². The van der Waals surface area contributed by atoms with Crippen LogP contribution in [0.1, 0.15) is 48.7 Å². The molecule has 0 aliphatic rings. The van der Waals surface area contributed by atoms with Crippen LogP contribution in [0.2, 0.25) is 5.02 Å². The van der Waals surface area contributed by atoms with Gasteiger partial charge in [0.05, 0.1) is 0 Å². The Kier molecular flexibility index (Phi) is 4.48. The van der Waals surface area contributed by atoms with Gasteiger partial charge in [0.25, 0.3) is 0 Å². The molecule has 1 atom stereocenters. The van der Waals surface area contributed by atoms with Gasteiger partial charge >= 0.3 is 0 Å². The number of benzene rings is 1. The third-order valence-electron chi connectivity index (χ3n) is 2.74. The SMILES string of the molecule is Cc1cc(Cl)c(C(Br)CC(C)(C)C)cc1C. The lowest BCUT2D eigenvalue weighted by molar-refractivity contribution is 0.377. The Balaban J connectivity index is 3.00. The van der Waals surface area contributed by atoms with Gasteiger partial charge in [-0.15, -0.1) is 0 Å². The molecule has 0 heterocycles. The van der Waals surface area contributed by atoms with Gasteiger partial charge in [0.15, 0.2) is 0 Å². The van der Waals surface area contributed by atoms with E-state index in [4.69, 9.17) is 11.6 Å². The van der Waals surface area contributed by atoms with Crippen molar-refractivity contribution in [3.63, 3.8) is 0 Å². The lowest BCUT2D eigenvalue weighted by Gasteiger charge is -2.23. The highest BCUT2D eigenvalue weighted by Gasteiger charge is 2.20. The molecule has 0 nitrogen and oxygen atoms in total. The molecule has 2 heteroatoms. The molecule has 16 heavy (non-hydrogen) atoms. The Hall–Kier alpha value is -0.0100. The number of alkyl halides is 1. The molecule has 1 aromatic rings. The second-order valence-corrected chi connectivity index (χ2v) is 7.20. The molecule has 1 rings (SSSR count). The fourth-order valence-electron chi connectivity index (χ4n) is 1.69. The van der Waals surface area contributed by atoms with Crippen LogP contribution in [0, 0.1) is 19.3 Å². The van der Waals surface area contributed by atoms with Gasteiger partial charge in [-0.2, -0.15) is 0 Å². The number of hydrogen-bond donors (Lipinski definition) is 0. The van der Waals surface area contributed by atoms with Gasteiger partial charge in [0.2, 0.25) is 0 Å². The average Bonchev–Trinajstić information content (AvgIpc) is 2.08. The summed E-state index contributed by atoms with van der Waals surface area (Å²) >= 11 is 10.0. The first-order valence-corrected chi connectivity index (χ1v) is 6.91. The molecule has 0 N–H and O–H groups in total. The van der Waals surface area contributed by atoms with E-state index in [-0.39, 0.29) is 0 Å². The quantitative estimate of drug-likeness (QED) is 0.603. The molecule has 90 valence electrons. The monoisotopic (exact) mass is 302 g/mol. The van der Waals surface area contributed by atoms with Crippen LogP contribution in [-0.4, -0.2) is 0 Å². The van der Waals surface area contributed by atoms with Crippen LogP contribution in [0.25, 0.3) is 0 Å². The highest BCUT2D eigenvalue weighted by molar-refractivity contribution is 9.09. The van der Waals surface area contributed by atoms with Crippen molar-refractivity contribution in [2.24, 2.45) is 5.41 Å². The molecule has 0 radical (unpaired) electrons. The number of rotatable bonds is 2. The van der Waals surface area contributed by atoms with Gasteiger partial charge in [-0.1, -0.05) is 54.4 Å². The van der Waals surface area contributed by atoms with Crippen molar-refractivity contribution in [3.05, 3.63) is 33.8 Å². The Bertz CT molecular complexity index is 377. The van der Waals surface area contributed by atoms with Crippen LogP contribution in [0.3, 0.4) is 0 Å². The molecular formula is C14H20BrCl. The van der Waals surface area contributed by atoms with E-state index < -0.39 is 0 Å². The minimum atomic E-state index is 0.302. The van der Waals surface area contributed by atoms with E-state index in [1.165, 1.54) is 16.7 Å². The zero-order valence-corrected chi connectivity index (χ0v) is 13.0. The largest absolute Gasteiger partial charge is 0.0840 e. The molecule has 0 aliphatic carbocycles. The van der Waals surface area contributed by atoms with Crippen LogP contribution < -0.4 is 0 Å². The summed E-state index contributed by atoms with van der Waals surface area (Å²) < 4.78 is 0.